The normalized spacial score (nSPS) is 23.2. The van der Waals surface area contributed by atoms with Crippen LogP contribution in [0.25, 0.3) is 0 Å². The fourth-order valence-corrected chi connectivity index (χ4v) is 2.12. The second-order valence-corrected chi connectivity index (χ2v) is 4.77. The van der Waals surface area contributed by atoms with E-state index < -0.39 is 5.82 Å². The number of hydrogen-bond acceptors (Lipinski definition) is 4. The van der Waals surface area contributed by atoms with Gasteiger partial charge in [0.25, 0.3) is 0 Å². The van der Waals surface area contributed by atoms with Gasteiger partial charge < -0.3 is 9.64 Å². The Labute approximate surface area is 104 Å². The Hall–Kier alpha value is -1.72. The zero-order chi connectivity index (χ0) is 12.5. The molecule has 2 fully saturated rings. The van der Waals surface area contributed by atoms with Crippen LogP contribution < -0.4 is 4.74 Å². The fraction of sp³-hybridized carbons (Fsp3) is 0.583. The van der Waals surface area contributed by atoms with Gasteiger partial charge in [-0.3, -0.25) is 4.79 Å². The van der Waals surface area contributed by atoms with E-state index in [9.17, 15) is 9.18 Å². The molecular formula is C12H14FN3O2. The van der Waals surface area contributed by atoms with Gasteiger partial charge in [0.15, 0.2) is 5.82 Å². The number of nitrogens with zero attached hydrogens (tertiary/aromatic N) is 3. The van der Waals surface area contributed by atoms with Gasteiger partial charge in [0, 0.05) is 18.9 Å². The fourth-order valence-electron chi connectivity index (χ4n) is 2.12. The SMILES string of the molecule is O=C(C1CC1)N1CCC(Oc2ncc(F)cn2)C1. The van der Waals surface area contributed by atoms with Crippen LogP contribution in [0.1, 0.15) is 19.3 Å². The third-order valence-electron chi connectivity index (χ3n) is 3.25. The average Bonchev–Trinajstić information content (AvgIpc) is 3.12. The van der Waals surface area contributed by atoms with Crippen LogP contribution in [0.2, 0.25) is 0 Å². The van der Waals surface area contributed by atoms with Crippen LogP contribution in [0.3, 0.4) is 0 Å². The lowest BCUT2D eigenvalue weighted by Gasteiger charge is -2.16. The molecule has 1 aromatic rings. The van der Waals surface area contributed by atoms with Crippen molar-refractivity contribution in [3.63, 3.8) is 0 Å². The van der Waals surface area contributed by atoms with E-state index in [0.717, 1.165) is 38.2 Å². The second-order valence-electron chi connectivity index (χ2n) is 4.77. The average molecular weight is 251 g/mol. The highest BCUT2D eigenvalue weighted by molar-refractivity contribution is 5.81. The molecule has 0 spiro atoms. The lowest BCUT2D eigenvalue weighted by atomic mass is 10.3. The number of hydrogen-bond donors (Lipinski definition) is 0. The first-order valence-electron chi connectivity index (χ1n) is 6.15. The van der Waals surface area contributed by atoms with Gasteiger partial charge in [-0.1, -0.05) is 0 Å². The van der Waals surface area contributed by atoms with Gasteiger partial charge >= 0.3 is 6.01 Å². The van der Waals surface area contributed by atoms with Crippen LogP contribution in [0.5, 0.6) is 6.01 Å². The number of likely N-dealkylation sites (tertiary alicyclic amines) is 1. The number of halogens is 1. The number of carbonyl (C=O) groups is 1. The van der Waals surface area contributed by atoms with E-state index in [0.29, 0.717) is 6.54 Å². The smallest absolute Gasteiger partial charge is 0.316 e. The molecule has 0 radical (unpaired) electrons. The van der Waals surface area contributed by atoms with E-state index in [2.05, 4.69) is 9.97 Å². The summed E-state index contributed by atoms with van der Waals surface area (Å²) < 4.78 is 18.2. The molecule has 18 heavy (non-hydrogen) atoms. The summed E-state index contributed by atoms with van der Waals surface area (Å²) in [5, 5.41) is 0. The Morgan fingerprint density at radius 2 is 2.06 bits per heavy atom. The summed E-state index contributed by atoms with van der Waals surface area (Å²) in [6.07, 6.45) is 4.87. The quantitative estimate of drug-likeness (QED) is 0.804. The van der Waals surface area contributed by atoms with Crippen molar-refractivity contribution in [3.05, 3.63) is 18.2 Å². The van der Waals surface area contributed by atoms with E-state index in [1.807, 2.05) is 4.90 Å². The van der Waals surface area contributed by atoms with Crippen LogP contribution in [0, 0.1) is 11.7 Å². The molecule has 1 amide bonds. The van der Waals surface area contributed by atoms with Crippen molar-refractivity contribution in [1.29, 1.82) is 0 Å². The van der Waals surface area contributed by atoms with E-state index in [1.165, 1.54) is 0 Å². The van der Waals surface area contributed by atoms with E-state index in [4.69, 9.17) is 4.74 Å². The molecule has 1 saturated carbocycles. The molecule has 96 valence electrons. The Bertz CT molecular complexity index is 447. The molecule has 1 aliphatic heterocycles. The van der Waals surface area contributed by atoms with Crippen molar-refractivity contribution in [3.8, 4) is 6.01 Å². The number of amides is 1. The molecule has 3 rings (SSSR count). The molecule has 2 aliphatic rings. The summed E-state index contributed by atoms with van der Waals surface area (Å²) in [6, 6.07) is 0.169. The van der Waals surface area contributed by atoms with E-state index in [1.54, 1.807) is 0 Å². The maximum absolute atomic E-state index is 12.6. The summed E-state index contributed by atoms with van der Waals surface area (Å²) in [7, 11) is 0. The summed E-state index contributed by atoms with van der Waals surface area (Å²) in [4.78, 5) is 21.2. The highest BCUT2D eigenvalue weighted by Gasteiger charge is 2.37. The molecule has 6 heteroatoms. The van der Waals surface area contributed by atoms with Crippen LogP contribution in [0.4, 0.5) is 4.39 Å². The van der Waals surface area contributed by atoms with Crippen LogP contribution in [-0.4, -0.2) is 40.0 Å². The van der Waals surface area contributed by atoms with Gasteiger partial charge in [-0.2, -0.15) is 0 Å². The maximum atomic E-state index is 12.6. The van der Waals surface area contributed by atoms with Crippen molar-refractivity contribution in [2.75, 3.05) is 13.1 Å². The molecule has 1 atom stereocenters. The molecule has 1 aromatic heterocycles. The van der Waals surface area contributed by atoms with Crippen molar-refractivity contribution in [1.82, 2.24) is 14.9 Å². The molecule has 0 aromatic carbocycles. The third kappa shape index (κ3) is 2.42. The van der Waals surface area contributed by atoms with Crippen molar-refractivity contribution >= 4 is 5.91 Å². The Balaban J connectivity index is 1.55. The molecule has 2 heterocycles. The maximum Gasteiger partial charge on any atom is 0.316 e. The third-order valence-corrected chi connectivity index (χ3v) is 3.25. The Morgan fingerprint density at radius 1 is 1.33 bits per heavy atom. The lowest BCUT2D eigenvalue weighted by molar-refractivity contribution is -0.131. The molecular weight excluding hydrogens is 237 g/mol. The standard InChI is InChI=1S/C12H14FN3O2/c13-9-5-14-12(15-6-9)18-10-3-4-16(7-10)11(17)8-1-2-8/h5-6,8,10H,1-4,7H2. The molecule has 5 nitrogen and oxygen atoms in total. The zero-order valence-electron chi connectivity index (χ0n) is 9.88. The first-order chi connectivity index (χ1) is 8.72. The topological polar surface area (TPSA) is 55.3 Å². The number of ether oxygens (including phenoxy) is 1. The van der Waals surface area contributed by atoms with Gasteiger partial charge in [-0.05, 0) is 12.8 Å². The molecule has 0 N–H and O–H groups in total. The first-order valence-corrected chi connectivity index (χ1v) is 6.15. The minimum absolute atomic E-state index is 0.0850. The summed E-state index contributed by atoms with van der Waals surface area (Å²) >= 11 is 0. The predicted molar refractivity (Wildman–Crippen MR) is 60.3 cm³/mol. The van der Waals surface area contributed by atoms with Crippen LogP contribution in [0.15, 0.2) is 12.4 Å². The minimum atomic E-state index is -0.487. The van der Waals surface area contributed by atoms with Crippen molar-refractivity contribution in [2.45, 2.75) is 25.4 Å². The highest BCUT2D eigenvalue weighted by atomic mass is 19.1. The molecule has 1 aliphatic carbocycles. The first kappa shape index (κ1) is 11.4. The summed E-state index contributed by atoms with van der Waals surface area (Å²) in [5.41, 5.74) is 0. The number of carbonyl (C=O) groups excluding carboxylic acids is 1. The number of aromatic nitrogens is 2. The van der Waals surface area contributed by atoms with Crippen LogP contribution in [-0.2, 0) is 4.79 Å². The molecule has 1 unspecified atom stereocenters. The minimum Gasteiger partial charge on any atom is -0.458 e. The summed E-state index contributed by atoms with van der Waals surface area (Å²) in [6.45, 7) is 1.30. The van der Waals surface area contributed by atoms with E-state index in [-0.39, 0.29) is 23.9 Å². The van der Waals surface area contributed by atoms with Gasteiger partial charge in [-0.25, -0.2) is 14.4 Å². The van der Waals surface area contributed by atoms with E-state index >= 15 is 0 Å². The Kier molecular flexibility index (Phi) is 2.85. The lowest BCUT2D eigenvalue weighted by Crippen LogP contribution is -2.32. The van der Waals surface area contributed by atoms with Gasteiger partial charge in [0.2, 0.25) is 5.91 Å². The zero-order valence-corrected chi connectivity index (χ0v) is 9.88. The largest absolute Gasteiger partial charge is 0.458 e. The van der Waals surface area contributed by atoms with Crippen molar-refractivity contribution < 1.29 is 13.9 Å². The molecule has 0 bridgehead atoms. The van der Waals surface area contributed by atoms with Gasteiger partial charge in [0.1, 0.15) is 6.10 Å². The van der Waals surface area contributed by atoms with Crippen molar-refractivity contribution in [2.24, 2.45) is 5.92 Å². The molecule has 1 saturated heterocycles. The highest BCUT2D eigenvalue weighted by Crippen LogP contribution is 2.32. The predicted octanol–water partition coefficient (Wildman–Crippen LogP) is 1.01. The second kappa shape index (κ2) is 4.51. The van der Waals surface area contributed by atoms with Crippen LogP contribution >= 0.6 is 0 Å². The Morgan fingerprint density at radius 3 is 2.72 bits per heavy atom. The number of rotatable bonds is 3. The van der Waals surface area contributed by atoms with Gasteiger partial charge in [0.05, 0.1) is 18.9 Å². The monoisotopic (exact) mass is 251 g/mol. The van der Waals surface area contributed by atoms with Gasteiger partial charge in [-0.15, -0.1) is 0 Å². The summed E-state index contributed by atoms with van der Waals surface area (Å²) in [5.74, 6) is -0.00810.